The van der Waals surface area contributed by atoms with Gasteiger partial charge in [0.05, 0.1) is 0 Å². The van der Waals surface area contributed by atoms with Gasteiger partial charge in [-0.1, -0.05) is 24.3 Å². The van der Waals surface area contributed by atoms with Crippen LogP contribution in [0.2, 0.25) is 0 Å². The molecule has 3 saturated heterocycles. The Morgan fingerprint density at radius 3 is 2.41 bits per heavy atom. The van der Waals surface area contributed by atoms with Crippen LogP contribution in [0.3, 0.4) is 0 Å². The number of rotatable bonds is 5. The van der Waals surface area contributed by atoms with Gasteiger partial charge in [-0.05, 0) is 63.5 Å². The second kappa shape index (κ2) is 9.92. The van der Waals surface area contributed by atoms with E-state index < -0.39 is 0 Å². The van der Waals surface area contributed by atoms with Crippen LogP contribution in [0.25, 0.3) is 0 Å². The summed E-state index contributed by atoms with van der Waals surface area (Å²) in [6.45, 7) is 10.1. The summed E-state index contributed by atoms with van der Waals surface area (Å²) < 4.78 is 0. The van der Waals surface area contributed by atoms with Gasteiger partial charge in [-0.2, -0.15) is 0 Å². The Kier molecular flexibility index (Phi) is 7.06. The Balaban J connectivity index is 1.24. The zero-order chi connectivity index (χ0) is 20.1. The highest BCUT2D eigenvalue weighted by Crippen LogP contribution is 2.18. The first-order valence-corrected chi connectivity index (χ1v) is 11.4. The number of piperazine rings is 1. The van der Waals surface area contributed by atoms with Gasteiger partial charge in [0.15, 0.2) is 0 Å². The van der Waals surface area contributed by atoms with Crippen LogP contribution in [0.4, 0.5) is 4.79 Å². The smallest absolute Gasteiger partial charge is 0.317 e. The van der Waals surface area contributed by atoms with Gasteiger partial charge in [0.2, 0.25) is 0 Å². The van der Waals surface area contributed by atoms with E-state index in [0.29, 0.717) is 12.6 Å². The minimum Gasteiger partial charge on any atom is -0.334 e. The van der Waals surface area contributed by atoms with E-state index in [1.807, 2.05) is 4.90 Å². The number of nitrogens with one attached hydrogen (secondary N) is 1. The fraction of sp³-hybridized carbons (Fsp3) is 0.696. The van der Waals surface area contributed by atoms with Gasteiger partial charge < -0.3 is 15.1 Å². The summed E-state index contributed by atoms with van der Waals surface area (Å²) in [6.07, 6.45) is 5.20. The SMILES string of the molecule is CN1CCCC(N2CCN(C(=O)NCc3ccccc3CN3CCCC3)CC2)C1. The Morgan fingerprint density at radius 2 is 1.69 bits per heavy atom. The van der Waals surface area contributed by atoms with E-state index in [0.717, 1.165) is 32.7 Å². The molecule has 1 unspecified atom stereocenters. The second-order valence-electron chi connectivity index (χ2n) is 8.99. The molecule has 3 fully saturated rings. The largest absolute Gasteiger partial charge is 0.334 e. The molecule has 0 spiro atoms. The monoisotopic (exact) mass is 399 g/mol. The number of urea groups is 1. The Morgan fingerprint density at radius 1 is 0.966 bits per heavy atom. The van der Waals surface area contributed by atoms with Crippen LogP contribution in [0.1, 0.15) is 36.8 Å². The summed E-state index contributed by atoms with van der Waals surface area (Å²) in [5.74, 6) is 0. The van der Waals surface area contributed by atoms with Crippen molar-refractivity contribution in [2.24, 2.45) is 0 Å². The maximum absolute atomic E-state index is 12.7. The fourth-order valence-corrected chi connectivity index (χ4v) is 5.08. The molecule has 4 rings (SSSR count). The van der Waals surface area contributed by atoms with Crippen LogP contribution < -0.4 is 5.32 Å². The first-order chi connectivity index (χ1) is 14.2. The number of hydrogen-bond donors (Lipinski definition) is 1. The van der Waals surface area contributed by atoms with Crippen molar-refractivity contribution in [1.82, 2.24) is 24.9 Å². The number of hydrogen-bond acceptors (Lipinski definition) is 4. The number of amides is 2. The average molecular weight is 400 g/mol. The summed E-state index contributed by atoms with van der Waals surface area (Å²) in [4.78, 5) is 22.3. The summed E-state index contributed by atoms with van der Waals surface area (Å²) in [5, 5.41) is 3.18. The molecule has 1 N–H and O–H groups in total. The molecule has 2 amide bonds. The van der Waals surface area contributed by atoms with Crippen molar-refractivity contribution in [1.29, 1.82) is 0 Å². The molecular formula is C23H37N5O. The number of likely N-dealkylation sites (tertiary alicyclic amines) is 2. The topological polar surface area (TPSA) is 42.1 Å². The van der Waals surface area contributed by atoms with E-state index in [1.54, 1.807) is 0 Å². The van der Waals surface area contributed by atoms with Gasteiger partial charge >= 0.3 is 6.03 Å². The lowest BCUT2D eigenvalue weighted by Crippen LogP contribution is -2.56. The number of carbonyl (C=O) groups is 1. The van der Waals surface area contributed by atoms with Crippen LogP contribution in [-0.2, 0) is 13.1 Å². The van der Waals surface area contributed by atoms with Crippen LogP contribution in [0.5, 0.6) is 0 Å². The molecule has 0 aliphatic carbocycles. The fourth-order valence-electron chi connectivity index (χ4n) is 5.08. The number of benzene rings is 1. The van der Waals surface area contributed by atoms with Crippen LogP contribution in [-0.4, -0.2) is 91.1 Å². The molecule has 0 radical (unpaired) electrons. The molecule has 0 bridgehead atoms. The molecule has 1 aromatic rings. The number of nitrogens with zero attached hydrogens (tertiary/aromatic N) is 4. The maximum atomic E-state index is 12.7. The van der Waals surface area contributed by atoms with Crippen molar-refractivity contribution in [2.45, 2.75) is 44.8 Å². The molecule has 6 heteroatoms. The molecule has 0 aromatic heterocycles. The quantitative estimate of drug-likeness (QED) is 0.824. The van der Waals surface area contributed by atoms with Crippen molar-refractivity contribution >= 4 is 6.03 Å². The third-order valence-corrected chi connectivity index (χ3v) is 6.86. The van der Waals surface area contributed by atoms with E-state index >= 15 is 0 Å². The summed E-state index contributed by atoms with van der Waals surface area (Å²) in [5.41, 5.74) is 2.59. The van der Waals surface area contributed by atoms with Crippen LogP contribution in [0.15, 0.2) is 24.3 Å². The van der Waals surface area contributed by atoms with Gasteiger partial charge in [-0.15, -0.1) is 0 Å². The molecule has 0 saturated carbocycles. The summed E-state index contributed by atoms with van der Waals surface area (Å²) in [7, 11) is 2.22. The van der Waals surface area contributed by atoms with Gasteiger partial charge in [-0.3, -0.25) is 9.80 Å². The normalized spacial score (nSPS) is 24.7. The molecule has 29 heavy (non-hydrogen) atoms. The van der Waals surface area contributed by atoms with E-state index in [9.17, 15) is 4.79 Å². The zero-order valence-electron chi connectivity index (χ0n) is 18.0. The highest BCUT2D eigenvalue weighted by Gasteiger charge is 2.28. The van der Waals surface area contributed by atoms with Gasteiger partial charge in [0.25, 0.3) is 0 Å². The number of likely N-dealkylation sites (N-methyl/N-ethyl adjacent to an activating group) is 1. The minimum atomic E-state index is 0.0846. The summed E-state index contributed by atoms with van der Waals surface area (Å²) in [6, 6.07) is 9.30. The van der Waals surface area contributed by atoms with Crippen molar-refractivity contribution in [3.05, 3.63) is 35.4 Å². The summed E-state index contributed by atoms with van der Waals surface area (Å²) >= 11 is 0. The molecule has 3 aliphatic rings. The Bertz CT molecular complexity index is 667. The van der Waals surface area contributed by atoms with Crippen molar-refractivity contribution < 1.29 is 4.79 Å². The third kappa shape index (κ3) is 5.50. The maximum Gasteiger partial charge on any atom is 0.317 e. The predicted octanol–water partition coefficient (Wildman–Crippen LogP) is 2.20. The lowest BCUT2D eigenvalue weighted by molar-refractivity contribution is 0.0693. The van der Waals surface area contributed by atoms with Crippen molar-refractivity contribution in [2.75, 3.05) is 59.4 Å². The van der Waals surface area contributed by atoms with Gasteiger partial charge in [0, 0.05) is 51.9 Å². The number of carbonyl (C=O) groups excluding carboxylic acids is 1. The highest BCUT2D eigenvalue weighted by molar-refractivity contribution is 5.74. The van der Waals surface area contributed by atoms with E-state index in [1.165, 1.54) is 63.0 Å². The predicted molar refractivity (Wildman–Crippen MR) is 117 cm³/mol. The standard InChI is InChI=1S/C23H37N5O/c1-25-10-6-9-22(19-25)27-13-15-28(16-14-27)23(29)24-17-20-7-2-3-8-21(20)18-26-11-4-5-12-26/h2-3,7-8,22H,4-6,9-19H2,1H3,(H,24,29). The molecule has 3 aliphatic heterocycles. The molecule has 3 heterocycles. The molecule has 1 atom stereocenters. The van der Waals surface area contributed by atoms with Crippen molar-refractivity contribution in [3.63, 3.8) is 0 Å². The van der Waals surface area contributed by atoms with Gasteiger partial charge in [0.1, 0.15) is 0 Å². The van der Waals surface area contributed by atoms with Crippen LogP contribution >= 0.6 is 0 Å². The lowest BCUT2D eigenvalue weighted by Gasteiger charge is -2.42. The first-order valence-electron chi connectivity index (χ1n) is 11.4. The average Bonchev–Trinajstić information content (AvgIpc) is 3.26. The second-order valence-corrected chi connectivity index (χ2v) is 8.99. The van der Waals surface area contributed by atoms with E-state index in [-0.39, 0.29) is 6.03 Å². The van der Waals surface area contributed by atoms with Crippen molar-refractivity contribution in [3.8, 4) is 0 Å². The lowest BCUT2D eigenvalue weighted by atomic mass is 10.0. The highest BCUT2D eigenvalue weighted by atomic mass is 16.2. The minimum absolute atomic E-state index is 0.0846. The molecule has 1 aromatic carbocycles. The molecular weight excluding hydrogens is 362 g/mol. The first kappa shape index (κ1) is 20.6. The van der Waals surface area contributed by atoms with E-state index in [2.05, 4.69) is 51.3 Å². The zero-order valence-corrected chi connectivity index (χ0v) is 18.0. The molecule has 160 valence electrons. The van der Waals surface area contributed by atoms with E-state index in [4.69, 9.17) is 0 Å². The van der Waals surface area contributed by atoms with Gasteiger partial charge in [-0.25, -0.2) is 4.79 Å². The van der Waals surface area contributed by atoms with Crippen LogP contribution in [0, 0.1) is 0 Å². The Labute approximate surface area is 175 Å². The Hall–Kier alpha value is -1.63. The number of piperidine rings is 1. The molecule has 6 nitrogen and oxygen atoms in total. The third-order valence-electron chi connectivity index (χ3n) is 6.86.